The summed E-state index contributed by atoms with van der Waals surface area (Å²) in [6.07, 6.45) is 2.72. The van der Waals surface area contributed by atoms with Crippen molar-refractivity contribution < 1.29 is 18.7 Å². The normalized spacial score (nSPS) is 10.5. The Kier molecular flexibility index (Phi) is 6.45. The highest BCUT2D eigenvalue weighted by Crippen LogP contribution is 2.24. The van der Waals surface area contributed by atoms with Crippen LogP contribution in [0.5, 0.6) is 0 Å². The molecule has 1 aromatic heterocycles. The number of thiazole rings is 1. The van der Waals surface area contributed by atoms with Crippen LogP contribution < -0.4 is 5.32 Å². The first-order valence-electron chi connectivity index (χ1n) is 8.40. The highest BCUT2D eigenvalue weighted by molar-refractivity contribution is 7.14. The summed E-state index contributed by atoms with van der Waals surface area (Å²) in [5.74, 6) is -1.53. The van der Waals surface area contributed by atoms with E-state index in [9.17, 15) is 14.0 Å². The number of anilines is 1. The van der Waals surface area contributed by atoms with Gasteiger partial charge in [-0.2, -0.15) is 5.26 Å². The van der Waals surface area contributed by atoms with Crippen molar-refractivity contribution >= 4 is 34.4 Å². The second-order valence-electron chi connectivity index (χ2n) is 5.77. The van der Waals surface area contributed by atoms with E-state index in [4.69, 9.17) is 10.00 Å². The van der Waals surface area contributed by atoms with E-state index in [1.165, 1.54) is 35.6 Å². The molecule has 2 aromatic carbocycles. The smallest absolute Gasteiger partial charge is 0.331 e. The van der Waals surface area contributed by atoms with Gasteiger partial charge in [-0.15, -0.1) is 11.3 Å². The van der Waals surface area contributed by atoms with Gasteiger partial charge in [0, 0.05) is 17.0 Å². The number of esters is 1. The number of benzene rings is 2. The van der Waals surface area contributed by atoms with Crippen molar-refractivity contribution in [2.24, 2.45) is 0 Å². The summed E-state index contributed by atoms with van der Waals surface area (Å²) >= 11 is 1.21. The predicted molar refractivity (Wildman–Crippen MR) is 107 cm³/mol. The summed E-state index contributed by atoms with van der Waals surface area (Å²) in [6.45, 7) is -0.456. The molecule has 0 saturated heterocycles. The monoisotopic (exact) mass is 407 g/mol. The third-order valence-electron chi connectivity index (χ3n) is 3.69. The van der Waals surface area contributed by atoms with Crippen molar-refractivity contribution in [1.82, 2.24) is 4.98 Å². The minimum absolute atomic E-state index is 0.340. The first-order valence-corrected chi connectivity index (χ1v) is 9.28. The van der Waals surface area contributed by atoms with Crippen molar-refractivity contribution in [3.8, 4) is 17.3 Å². The maximum Gasteiger partial charge on any atom is 0.331 e. The van der Waals surface area contributed by atoms with Crippen molar-refractivity contribution in [1.29, 1.82) is 5.26 Å². The van der Waals surface area contributed by atoms with Gasteiger partial charge in [0.05, 0.1) is 17.3 Å². The molecule has 1 heterocycles. The SMILES string of the molecule is N#Cc1ccc(/C=C/C(=O)OCC(=O)Nc2nc(-c3ccc(F)cc3)cs2)cc1. The first kappa shape index (κ1) is 19.9. The first-order chi connectivity index (χ1) is 14.0. The van der Waals surface area contributed by atoms with E-state index >= 15 is 0 Å². The van der Waals surface area contributed by atoms with E-state index in [1.54, 1.807) is 41.8 Å². The van der Waals surface area contributed by atoms with E-state index in [2.05, 4.69) is 10.3 Å². The van der Waals surface area contributed by atoms with E-state index in [-0.39, 0.29) is 5.82 Å². The van der Waals surface area contributed by atoms with Crippen molar-refractivity contribution in [2.45, 2.75) is 0 Å². The molecule has 1 amide bonds. The molecule has 0 saturated carbocycles. The molecule has 29 heavy (non-hydrogen) atoms. The molecule has 0 spiro atoms. The average molecular weight is 407 g/mol. The molecule has 0 atom stereocenters. The van der Waals surface area contributed by atoms with Crippen LogP contribution in [-0.2, 0) is 14.3 Å². The van der Waals surface area contributed by atoms with E-state index < -0.39 is 18.5 Å². The molecule has 0 aliphatic carbocycles. The van der Waals surface area contributed by atoms with Crippen molar-refractivity contribution in [3.05, 3.63) is 76.9 Å². The lowest BCUT2D eigenvalue weighted by atomic mass is 10.1. The third-order valence-corrected chi connectivity index (χ3v) is 4.45. The molecule has 8 heteroatoms. The van der Waals surface area contributed by atoms with Crippen LogP contribution in [0, 0.1) is 17.1 Å². The molecular weight excluding hydrogens is 393 g/mol. The number of nitrogens with one attached hydrogen (secondary N) is 1. The number of nitrogens with zero attached hydrogens (tertiary/aromatic N) is 2. The van der Waals surface area contributed by atoms with Gasteiger partial charge in [-0.3, -0.25) is 10.1 Å². The van der Waals surface area contributed by atoms with Gasteiger partial charge in [-0.05, 0) is 48.0 Å². The highest BCUT2D eigenvalue weighted by Gasteiger charge is 2.10. The van der Waals surface area contributed by atoms with Crippen LogP contribution >= 0.6 is 11.3 Å². The number of nitriles is 1. The van der Waals surface area contributed by atoms with Gasteiger partial charge in [-0.1, -0.05) is 12.1 Å². The lowest BCUT2D eigenvalue weighted by Crippen LogP contribution is -2.20. The summed E-state index contributed by atoms with van der Waals surface area (Å²) < 4.78 is 17.9. The van der Waals surface area contributed by atoms with Crippen LogP contribution in [-0.4, -0.2) is 23.5 Å². The molecule has 3 aromatic rings. The van der Waals surface area contributed by atoms with Crippen molar-refractivity contribution in [3.63, 3.8) is 0 Å². The van der Waals surface area contributed by atoms with Crippen LogP contribution in [0.4, 0.5) is 9.52 Å². The highest BCUT2D eigenvalue weighted by atomic mass is 32.1. The number of amides is 1. The molecule has 1 N–H and O–H groups in total. The van der Waals surface area contributed by atoms with Gasteiger partial charge in [0.15, 0.2) is 11.7 Å². The molecule has 144 valence electrons. The lowest BCUT2D eigenvalue weighted by Gasteiger charge is -2.02. The molecule has 0 aliphatic rings. The largest absolute Gasteiger partial charge is 0.452 e. The van der Waals surface area contributed by atoms with Crippen LogP contribution in [0.3, 0.4) is 0 Å². The minimum Gasteiger partial charge on any atom is -0.452 e. The Balaban J connectivity index is 1.48. The second kappa shape index (κ2) is 9.39. The number of aromatic nitrogens is 1. The third kappa shape index (κ3) is 5.82. The van der Waals surface area contributed by atoms with E-state index in [1.807, 2.05) is 6.07 Å². The predicted octanol–water partition coefficient (Wildman–Crippen LogP) is 4.02. The Bertz CT molecular complexity index is 1080. The number of hydrogen-bond donors (Lipinski definition) is 1. The zero-order valence-corrected chi connectivity index (χ0v) is 15.8. The Morgan fingerprint density at radius 1 is 1.17 bits per heavy atom. The maximum atomic E-state index is 13.0. The summed E-state index contributed by atoms with van der Waals surface area (Å²) in [5.41, 5.74) is 2.57. The Morgan fingerprint density at radius 3 is 2.59 bits per heavy atom. The van der Waals surface area contributed by atoms with Crippen LogP contribution in [0.1, 0.15) is 11.1 Å². The van der Waals surface area contributed by atoms with E-state index in [0.717, 1.165) is 11.1 Å². The average Bonchev–Trinajstić information content (AvgIpc) is 3.20. The number of carbonyl (C=O) groups is 2. The Hall–Kier alpha value is -3.83. The zero-order valence-electron chi connectivity index (χ0n) is 15.0. The molecule has 3 rings (SSSR count). The molecule has 0 unspecified atom stereocenters. The number of carbonyl (C=O) groups excluding carboxylic acids is 2. The summed E-state index contributed by atoms with van der Waals surface area (Å²) in [7, 11) is 0. The van der Waals surface area contributed by atoms with Crippen LogP contribution in [0.2, 0.25) is 0 Å². The van der Waals surface area contributed by atoms with Gasteiger partial charge in [0.1, 0.15) is 5.82 Å². The van der Waals surface area contributed by atoms with E-state index in [0.29, 0.717) is 16.4 Å². The Morgan fingerprint density at radius 2 is 1.90 bits per heavy atom. The van der Waals surface area contributed by atoms with Crippen LogP contribution in [0.15, 0.2) is 60.0 Å². The number of halogens is 1. The van der Waals surface area contributed by atoms with Gasteiger partial charge in [-0.25, -0.2) is 14.2 Å². The Labute approximate surface area is 169 Å². The van der Waals surface area contributed by atoms with Gasteiger partial charge >= 0.3 is 5.97 Å². The number of hydrogen-bond acceptors (Lipinski definition) is 6. The maximum absolute atomic E-state index is 13.0. The topological polar surface area (TPSA) is 92.1 Å². The van der Waals surface area contributed by atoms with Gasteiger partial charge in [0.25, 0.3) is 5.91 Å². The fraction of sp³-hybridized carbons (Fsp3) is 0.0476. The lowest BCUT2D eigenvalue weighted by molar-refractivity contribution is -0.142. The fourth-order valence-corrected chi connectivity index (χ4v) is 2.99. The van der Waals surface area contributed by atoms with Crippen molar-refractivity contribution in [2.75, 3.05) is 11.9 Å². The zero-order chi connectivity index (χ0) is 20.6. The fourth-order valence-electron chi connectivity index (χ4n) is 2.26. The molecule has 0 radical (unpaired) electrons. The molecule has 6 nitrogen and oxygen atoms in total. The molecular formula is C21H14FN3O3S. The summed E-state index contributed by atoms with van der Waals surface area (Å²) in [4.78, 5) is 27.9. The minimum atomic E-state index is -0.671. The van der Waals surface area contributed by atoms with Crippen LogP contribution in [0.25, 0.3) is 17.3 Å². The number of rotatable bonds is 6. The second-order valence-corrected chi connectivity index (χ2v) is 6.63. The quantitative estimate of drug-likeness (QED) is 0.492. The standard InChI is InChI=1S/C21H14FN3O3S/c22-17-8-6-16(7-9-17)18-13-29-21(24-18)25-19(26)12-28-20(27)10-5-14-1-3-15(11-23)4-2-14/h1-10,13H,12H2,(H,24,25,26)/b10-5+. The molecule has 0 bridgehead atoms. The summed E-state index contributed by atoms with van der Waals surface area (Å²) in [6, 6.07) is 14.5. The molecule has 0 fully saturated rings. The van der Waals surface area contributed by atoms with Gasteiger partial charge < -0.3 is 4.74 Å². The number of ether oxygens (including phenoxy) is 1. The van der Waals surface area contributed by atoms with Gasteiger partial charge in [0.2, 0.25) is 0 Å². The summed E-state index contributed by atoms with van der Waals surface area (Å²) in [5, 5.41) is 13.4. The molecule has 0 aliphatic heterocycles.